The molecule has 9 heteroatoms. The Labute approximate surface area is 196 Å². The van der Waals surface area contributed by atoms with E-state index in [1.54, 1.807) is 33.1 Å². The van der Waals surface area contributed by atoms with Crippen LogP contribution in [0.25, 0.3) is 0 Å². The standard InChI is InChI=1S/C21H33N5O3.HI/c1-25(2)19(27)15-24-21(23-14-18-9-6-12-29-18)22-11-10-16-7-5-8-17(13-16)20(28)26(3)4;/h5,7-8,13,18H,6,9-12,14-15H2,1-4H3,(H2,22,23,24);1H. The lowest BCUT2D eigenvalue weighted by Crippen LogP contribution is -2.42. The highest BCUT2D eigenvalue weighted by Gasteiger charge is 2.16. The quantitative estimate of drug-likeness (QED) is 0.301. The van der Waals surface area contributed by atoms with Gasteiger partial charge in [-0.3, -0.25) is 9.59 Å². The molecule has 1 saturated heterocycles. The van der Waals surface area contributed by atoms with Gasteiger partial charge in [-0.05, 0) is 37.0 Å². The molecule has 30 heavy (non-hydrogen) atoms. The van der Waals surface area contributed by atoms with E-state index < -0.39 is 0 Å². The van der Waals surface area contributed by atoms with Crippen molar-refractivity contribution in [1.82, 2.24) is 20.4 Å². The second-order valence-corrected chi connectivity index (χ2v) is 7.55. The minimum Gasteiger partial charge on any atom is -0.376 e. The molecule has 1 aromatic carbocycles. The molecule has 1 aliphatic heterocycles. The highest BCUT2D eigenvalue weighted by molar-refractivity contribution is 14.0. The summed E-state index contributed by atoms with van der Waals surface area (Å²) in [4.78, 5) is 31.5. The Hall–Kier alpha value is -1.88. The molecule has 1 aliphatic rings. The van der Waals surface area contributed by atoms with Crippen molar-refractivity contribution < 1.29 is 14.3 Å². The van der Waals surface area contributed by atoms with Crippen LogP contribution < -0.4 is 10.6 Å². The molecule has 1 atom stereocenters. The Kier molecular flexibility index (Phi) is 11.7. The van der Waals surface area contributed by atoms with E-state index in [1.807, 2.05) is 24.3 Å². The smallest absolute Gasteiger partial charge is 0.253 e. The highest BCUT2D eigenvalue weighted by atomic mass is 127. The first-order valence-corrected chi connectivity index (χ1v) is 10.0. The first kappa shape index (κ1) is 26.2. The molecular weight excluding hydrogens is 497 g/mol. The van der Waals surface area contributed by atoms with Crippen LogP contribution in [-0.2, 0) is 16.0 Å². The number of carbonyl (C=O) groups is 2. The molecular formula is C21H34IN5O3. The first-order chi connectivity index (χ1) is 13.9. The average molecular weight is 531 g/mol. The van der Waals surface area contributed by atoms with Gasteiger partial charge in [-0.1, -0.05) is 12.1 Å². The highest BCUT2D eigenvalue weighted by Crippen LogP contribution is 2.10. The monoisotopic (exact) mass is 531 g/mol. The van der Waals surface area contributed by atoms with Crippen molar-refractivity contribution in [2.75, 3.05) is 54.4 Å². The van der Waals surface area contributed by atoms with Crippen LogP contribution in [0.2, 0.25) is 0 Å². The number of amides is 2. The van der Waals surface area contributed by atoms with E-state index >= 15 is 0 Å². The second-order valence-electron chi connectivity index (χ2n) is 7.55. The lowest BCUT2D eigenvalue weighted by molar-refractivity contribution is -0.127. The van der Waals surface area contributed by atoms with Gasteiger partial charge in [-0.25, -0.2) is 4.99 Å². The maximum Gasteiger partial charge on any atom is 0.253 e. The normalized spacial score (nSPS) is 15.9. The Morgan fingerprint density at radius 1 is 1.17 bits per heavy atom. The molecule has 1 aromatic rings. The fourth-order valence-electron chi connectivity index (χ4n) is 2.92. The van der Waals surface area contributed by atoms with Crippen molar-refractivity contribution in [3.05, 3.63) is 35.4 Å². The van der Waals surface area contributed by atoms with Crippen molar-refractivity contribution >= 4 is 41.8 Å². The van der Waals surface area contributed by atoms with E-state index in [2.05, 4.69) is 15.6 Å². The SMILES string of the molecule is CN(C)C(=O)CN=C(NCCc1cccc(C(=O)N(C)C)c1)NCC1CCCO1.I. The molecule has 0 spiro atoms. The number of likely N-dealkylation sites (N-methyl/N-ethyl adjacent to an activating group) is 1. The van der Waals surface area contributed by atoms with Gasteiger partial charge in [-0.15, -0.1) is 24.0 Å². The Balaban J connectivity index is 0.00000450. The number of hydrogen-bond donors (Lipinski definition) is 2. The number of nitrogens with zero attached hydrogens (tertiary/aromatic N) is 3. The predicted octanol–water partition coefficient (Wildman–Crippen LogP) is 1.35. The molecule has 0 bridgehead atoms. The molecule has 2 rings (SSSR count). The van der Waals surface area contributed by atoms with Crippen LogP contribution >= 0.6 is 24.0 Å². The van der Waals surface area contributed by atoms with E-state index in [1.165, 1.54) is 4.90 Å². The number of aliphatic imine (C=N–C) groups is 1. The summed E-state index contributed by atoms with van der Waals surface area (Å²) >= 11 is 0. The van der Waals surface area contributed by atoms with E-state index in [4.69, 9.17) is 4.74 Å². The van der Waals surface area contributed by atoms with Gasteiger partial charge in [0.2, 0.25) is 5.91 Å². The van der Waals surface area contributed by atoms with Crippen molar-refractivity contribution in [3.63, 3.8) is 0 Å². The molecule has 2 N–H and O–H groups in total. The third-order valence-electron chi connectivity index (χ3n) is 4.68. The number of guanidine groups is 1. The molecule has 0 radical (unpaired) electrons. The fraction of sp³-hybridized carbons (Fsp3) is 0.571. The van der Waals surface area contributed by atoms with Crippen molar-refractivity contribution in [1.29, 1.82) is 0 Å². The van der Waals surface area contributed by atoms with Crippen LogP contribution in [0.15, 0.2) is 29.3 Å². The minimum absolute atomic E-state index is 0. The molecule has 1 unspecified atom stereocenters. The molecule has 0 saturated carbocycles. The molecule has 8 nitrogen and oxygen atoms in total. The van der Waals surface area contributed by atoms with Crippen LogP contribution in [-0.4, -0.2) is 88.1 Å². The summed E-state index contributed by atoms with van der Waals surface area (Å²) in [6, 6.07) is 7.63. The summed E-state index contributed by atoms with van der Waals surface area (Å²) in [5.74, 6) is 0.525. The molecule has 168 valence electrons. The minimum atomic E-state index is -0.0573. The van der Waals surface area contributed by atoms with Crippen LogP contribution in [0.1, 0.15) is 28.8 Å². The number of ether oxygens (including phenoxy) is 1. The summed E-state index contributed by atoms with van der Waals surface area (Å²) in [7, 11) is 6.92. The van der Waals surface area contributed by atoms with Crippen LogP contribution in [0.3, 0.4) is 0 Å². The van der Waals surface area contributed by atoms with Gasteiger partial charge in [0.15, 0.2) is 5.96 Å². The van der Waals surface area contributed by atoms with Gasteiger partial charge >= 0.3 is 0 Å². The maximum absolute atomic E-state index is 12.1. The number of nitrogens with one attached hydrogen (secondary N) is 2. The molecule has 0 aromatic heterocycles. The van der Waals surface area contributed by atoms with Crippen LogP contribution in [0.4, 0.5) is 0 Å². The van der Waals surface area contributed by atoms with Crippen LogP contribution in [0.5, 0.6) is 0 Å². The Morgan fingerprint density at radius 3 is 2.57 bits per heavy atom. The fourth-order valence-corrected chi connectivity index (χ4v) is 2.92. The summed E-state index contributed by atoms with van der Waals surface area (Å²) in [5.41, 5.74) is 1.74. The summed E-state index contributed by atoms with van der Waals surface area (Å²) in [6.45, 7) is 2.18. The Morgan fingerprint density at radius 2 is 1.93 bits per heavy atom. The second kappa shape index (κ2) is 13.4. The zero-order valence-electron chi connectivity index (χ0n) is 18.3. The molecule has 1 fully saturated rings. The third kappa shape index (κ3) is 8.86. The number of hydrogen-bond acceptors (Lipinski definition) is 4. The molecule has 0 aliphatic carbocycles. The summed E-state index contributed by atoms with van der Waals surface area (Å²) in [6.07, 6.45) is 3.02. The lowest BCUT2D eigenvalue weighted by atomic mass is 10.1. The Bertz CT molecular complexity index is 718. The van der Waals surface area contributed by atoms with E-state index in [0.717, 1.165) is 31.4 Å². The van der Waals surface area contributed by atoms with E-state index in [9.17, 15) is 9.59 Å². The van der Waals surface area contributed by atoms with Gasteiger partial charge in [0, 0.05) is 53.5 Å². The number of benzene rings is 1. The topological polar surface area (TPSA) is 86.3 Å². The first-order valence-electron chi connectivity index (χ1n) is 10.0. The van der Waals surface area contributed by atoms with Gasteiger partial charge in [0.05, 0.1) is 6.10 Å². The summed E-state index contributed by atoms with van der Waals surface area (Å²) in [5, 5.41) is 6.54. The molecule has 2 amide bonds. The predicted molar refractivity (Wildman–Crippen MR) is 130 cm³/mol. The van der Waals surface area contributed by atoms with Gasteiger partial charge in [0.1, 0.15) is 6.54 Å². The van der Waals surface area contributed by atoms with Crippen molar-refractivity contribution in [2.45, 2.75) is 25.4 Å². The van der Waals surface area contributed by atoms with Crippen molar-refractivity contribution in [3.8, 4) is 0 Å². The van der Waals surface area contributed by atoms with Gasteiger partial charge < -0.3 is 25.2 Å². The van der Waals surface area contributed by atoms with Crippen molar-refractivity contribution in [2.24, 2.45) is 4.99 Å². The van der Waals surface area contributed by atoms with E-state index in [-0.39, 0.29) is 48.4 Å². The number of halogens is 1. The zero-order valence-corrected chi connectivity index (χ0v) is 20.6. The third-order valence-corrected chi connectivity index (χ3v) is 4.68. The largest absolute Gasteiger partial charge is 0.376 e. The lowest BCUT2D eigenvalue weighted by Gasteiger charge is -2.16. The van der Waals surface area contributed by atoms with Gasteiger partial charge in [0.25, 0.3) is 5.91 Å². The van der Waals surface area contributed by atoms with E-state index in [0.29, 0.717) is 24.6 Å². The molecule has 1 heterocycles. The van der Waals surface area contributed by atoms with Gasteiger partial charge in [-0.2, -0.15) is 0 Å². The number of carbonyl (C=O) groups excluding carboxylic acids is 2. The zero-order chi connectivity index (χ0) is 21.2. The maximum atomic E-state index is 12.1. The number of rotatable bonds is 8. The average Bonchev–Trinajstić information content (AvgIpc) is 3.22. The summed E-state index contributed by atoms with van der Waals surface area (Å²) < 4.78 is 5.64. The van der Waals surface area contributed by atoms with Crippen LogP contribution in [0, 0.1) is 0 Å².